The summed E-state index contributed by atoms with van der Waals surface area (Å²) in [5, 5.41) is 9.63. The van der Waals surface area contributed by atoms with Gasteiger partial charge in [0.1, 0.15) is 0 Å². The van der Waals surface area contributed by atoms with Gasteiger partial charge in [0.05, 0.1) is 0 Å². The molecule has 0 aliphatic rings. The van der Waals surface area contributed by atoms with Gasteiger partial charge in [0.15, 0.2) is 0 Å². The second kappa shape index (κ2) is 4.40. The lowest BCUT2D eigenvalue weighted by Crippen LogP contribution is -2.30. The highest BCUT2D eigenvalue weighted by atomic mass is 16.2. The zero-order valence-corrected chi connectivity index (χ0v) is 10.5. The summed E-state index contributed by atoms with van der Waals surface area (Å²) in [6.07, 6.45) is 1.05. The summed E-state index contributed by atoms with van der Waals surface area (Å²) in [6, 6.07) is 6.20. The van der Waals surface area contributed by atoms with Crippen molar-refractivity contribution in [3.05, 3.63) is 29.3 Å². The van der Waals surface area contributed by atoms with E-state index in [1.807, 2.05) is 19.0 Å². The van der Waals surface area contributed by atoms with Crippen molar-refractivity contribution >= 4 is 12.4 Å². The van der Waals surface area contributed by atoms with Crippen molar-refractivity contribution in [2.24, 2.45) is 5.41 Å². The van der Waals surface area contributed by atoms with Crippen LogP contribution in [0.4, 0.5) is 0 Å². The molecule has 0 radical (unpaired) electrons. The van der Waals surface area contributed by atoms with Crippen LogP contribution in [0, 0.1) is 12.3 Å². The summed E-state index contributed by atoms with van der Waals surface area (Å²) in [5.41, 5.74) is 3.93. The molecule has 0 bridgehead atoms. The van der Waals surface area contributed by atoms with E-state index in [0.717, 1.165) is 11.9 Å². The molecule has 1 N–H and O–H groups in total. The zero-order chi connectivity index (χ0) is 11.6. The predicted octanol–water partition coefficient (Wildman–Crippen LogP) is 2.40. The van der Waals surface area contributed by atoms with Crippen LogP contribution >= 0.6 is 0 Å². The molecule has 0 aliphatic carbocycles. The van der Waals surface area contributed by atoms with Crippen LogP contribution in [0.5, 0.6) is 0 Å². The van der Waals surface area contributed by atoms with E-state index in [4.69, 9.17) is 0 Å². The quantitative estimate of drug-likeness (QED) is 0.733. The Morgan fingerprint density at radius 3 is 2.33 bits per heavy atom. The predicted molar refractivity (Wildman–Crippen MR) is 67.8 cm³/mol. The van der Waals surface area contributed by atoms with Crippen LogP contribution < -0.4 is 5.46 Å². The van der Waals surface area contributed by atoms with Gasteiger partial charge in [0, 0.05) is 0 Å². The first kappa shape index (κ1) is 12.3. The number of benzene rings is 1. The monoisotopic (exact) mass is 204 g/mol. The molecule has 0 aliphatic heterocycles. The second-order valence-electron chi connectivity index (χ2n) is 5.54. The van der Waals surface area contributed by atoms with Gasteiger partial charge in [-0.1, -0.05) is 51.4 Å². The van der Waals surface area contributed by atoms with E-state index in [9.17, 15) is 5.02 Å². The Kier molecular flexibility index (Phi) is 3.61. The van der Waals surface area contributed by atoms with Crippen molar-refractivity contribution in [3.63, 3.8) is 0 Å². The lowest BCUT2D eigenvalue weighted by Gasteiger charge is -2.21. The molecule has 0 heterocycles. The van der Waals surface area contributed by atoms with E-state index in [1.165, 1.54) is 11.1 Å². The molecule has 0 spiro atoms. The number of rotatable bonds is 2. The molecular weight excluding hydrogens is 183 g/mol. The zero-order valence-electron chi connectivity index (χ0n) is 10.5. The van der Waals surface area contributed by atoms with Crippen LogP contribution in [-0.2, 0) is 6.42 Å². The molecule has 1 aromatic carbocycles. The highest BCUT2D eigenvalue weighted by Crippen LogP contribution is 2.21. The second-order valence-corrected chi connectivity index (χ2v) is 5.54. The largest absolute Gasteiger partial charge is 0.446 e. The van der Waals surface area contributed by atoms with Gasteiger partial charge in [-0.3, -0.25) is 0 Å². The van der Waals surface area contributed by atoms with Gasteiger partial charge in [-0.2, -0.15) is 0 Å². The molecule has 1 aromatic rings. The molecule has 0 atom stereocenters. The lowest BCUT2D eigenvalue weighted by molar-refractivity contribution is 0.410. The fourth-order valence-corrected chi connectivity index (χ4v) is 1.92. The normalized spacial score (nSPS) is 11.6. The summed E-state index contributed by atoms with van der Waals surface area (Å²) >= 11 is 0. The van der Waals surface area contributed by atoms with E-state index in [1.54, 1.807) is 0 Å². The maximum atomic E-state index is 9.63. The van der Waals surface area contributed by atoms with E-state index < -0.39 is 0 Å². The summed E-state index contributed by atoms with van der Waals surface area (Å²) in [7, 11) is 0. The van der Waals surface area contributed by atoms with Crippen LogP contribution in [0.3, 0.4) is 0 Å². The molecule has 0 unspecified atom stereocenters. The van der Waals surface area contributed by atoms with Crippen molar-refractivity contribution in [1.82, 2.24) is 0 Å². The van der Waals surface area contributed by atoms with E-state index in [0.29, 0.717) is 5.41 Å². The fraction of sp³-hybridized carbons (Fsp3) is 0.538. The van der Waals surface area contributed by atoms with Gasteiger partial charge >= 0.3 is 6.92 Å². The van der Waals surface area contributed by atoms with E-state index in [2.05, 4.69) is 33.8 Å². The first-order valence-corrected chi connectivity index (χ1v) is 5.58. The molecule has 2 heteroatoms. The third-order valence-electron chi connectivity index (χ3n) is 2.66. The van der Waals surface area contributed by atoms with Crippen LogP contribution in [0.2, 0.25) is 6.82 Å². The van der Waals surface area contributed by atoms with Crippen molar-refractivity contribution in [2.75, 3.05) is 0 Å². The molecule has 0 saturated heterocycles. The fourth-order valence-electron chi connectivity index (χ4n) is 1.92. The SMILES string of the molecule is CB(O)c1cccc(CC(C)(C)C)c1C. The Hall–Kier alpha value is -0.755. The van der Waals surface area contributed by atoms with E-state index in [-0.39, 0.29) is 6.92 Å². The molecule has 1 nitrogen and oxygen atoms in total. The Morgan fingerprint density at radius 1 is 1.27 bits per heavy atom. The van der Waals surface area contributed by atoms with Crippen molar-refractivity contribution in [1.29, 1.82) is 0 Å². The van der Waals surface area contributed by atoms with Crippen LogP contribution in [-0.4, -0.2) is 11.9 Å². The summed E-state index contributed by atoms with van der Waals surface area (Å²) in [4.78, 5) is 0. The maximum absolute atomic E-state index is 9.63. The Labute approximate surface area is 93.6 Å². The van der Waals surface area contributed by atoms with Gasteiger partial charge in [0.2, 0.25) is 0 Å². The summed E-state index contributed by atoms with van der Waals surface area (Å²) < 4.78 is 0. The third-order valence-corrected chi connectivity index (χ3v) is 2.66. The molecule has 0 saturated carbocycles. The standard InChI is InChI=1S/C13H21BO/c1-10-11(9-13(2,3)4)7-6-8-12(10)14(5)15/h6-8,15H,9H2,1-5H3. The molecule has 82 valence electrons. The van der Waals surface area contributed by atoms with Crippen molar-refractivity contribution < 1.29 is 5.02 Å². The average molecular weight is 204 g/mol. The maximum Gasteiger partial charge on any atom is 0.320 e. The van der Waals surface area contributed by atoms with Crippen LogP contribution in [0.15, 0.2) is 18.2 Å². The minimum Gasteiger partial charge on any atom is -0.446 e. The van der Waals surface area contributed by atoms with Gasteiger partial charge in [-0.25, -0.2) is 0 Å². The first-order chi connectivity index (χ1) is 6.81. The number of hydrogen-bond donors (Lipinski definition) is 1. The van der Waals surface area contributed by atoms with Gasteiger partial charge in [-0.05, 0) is 29.8 Å². The van der Waals surface area contributed by atoms with E-state index >= 15 is 0 Å². The Morgan fingerprint density at radius 2 is 1.87 bits per heavy atom. The molecule has 0 amide bonds. The molecule has 0 aromatic heterocycles. The molecular formula is C13H21BO. The van der Waals surface area contributed by atoms with Crippen LogP contribution in [0.25, 0.3) is 0 Å². The smallest absolute Gasteiger partial charge is 0.320 e. The molecule has 0 fully saturated rings. The number of hydrogen-bond acceptors (Lipinski definition) is 1. The first-order valence-electron chi connectivity index (χ1n) is 5.58. The van der Waals surface area contributed by atoms with Crippen LogP contribution in [0.1, 0.15) is 31.9 Å². The topological polar surface area (TPSA) is 20.2 Å². The van der Waals surface area contributed by atoms with Crippen molar-refractivity contribution in [3.8, 4) is 0 Å². The molecule has 1 rings (SSSR count). The highest BCUT2D eigenvalue weighted by Gasteiger charge is 2.16. The Bertz CT molecular complexity index is 337. The minimum absolute atomic E-state index is 0.294. The van der Waals surface area contributed by atoms with Gasteiger partial charge < -0.3 is 5.02 Å². The highest BCUT2D eigenvalue weighted by molar-refractivity contribution is 6.65. The Balaban J connectivity index is 3.05. The third kappa shape index (κ3) is 3.38. The summed E-state index contributed by atoms with van der Waals surface area (Å²) in [5.74, 6) is 0. The lowest BCUT2D eigenvalue weighted by atomic mass is 9.62. The van der Waals surface area contributed by atoms with Crippen molar-refractivity contribution in [2.45, 2.75) is 40.9 Å². The van der Waals surface area contributed by atoms with Gasteiger partial charge in [0.25, 0.3) is 0 Å². The molecule has 15 heavy (non-hydrogen) atoms. The summed E-state index contributed by atoms with van der Waals surface area (Å²) in [6.45, 7) is 10.3. The average Bonchev–Trinajstić information content (AvgIpc) is 2.05. The minimum atomic E-state index is -0.370. The van der Waals surface area contributed by atoms with Gasteiger partial charge in [-0.15, -0.1) is 0 Å².